The fourth-order valence-electron chi connectivity index (χ4n) is 2.82. The second kappa shape index (κ2) is 6.20. The summed E-state index contributed by atoms with van der Waals surface area (Å²) in [5.74, 6) is 6.99. The van der Waals surface area contributed by atoms with Gasteiger partial charge in [0, 0.05) is 6.07 Å². The maximum Gasteiger partial charge on any atom is 0.216 e. The predicted molar refractivity (Wildman–Crippen MR) is 80.8 cm³/mol. The van der Waals surface area contributed by atoms with Crippen molar-refractivity contribution in [2.45, 2.75) is 31.2 Å². The molecule has 0 amide bonds. The second-order valence-electron chi connectivity index (χ2n) is 5.34. The number of nitrogens with two attached hydrogens (primary N) is 1. The summed E-state index contributed by atoms with van der Waals surface area (Å²) in [6, 6.07) is 10.1. The molecule has 0 aliphatic heterocycles. The molecular weight excluding hydrogens is 264 g/mol. The van der Waals surface area contributed by atoms with E-state index in [9.17, 15) is 0 Å². The molecular formula is C16H20N4O. The van der Waals surface area contributed by atoms with Crippen LogP contribution in [0.5, 0.6) is 5.88 Å². The van der Waals surface area contributed by atoms with E-state index in [1.54, 1.807) is 7.11 Å². The minimum absolute atomic E-state index is 0.154. The molecule has 1 unspecified atom stereocenters. The van der Waals surface area contributed by atoms with Crippen molar-refractivity contribution < 1.29 is 4.74 Å². The van der Waals surface area contributed by atoms with Gasteiger partial charge in [-0.05, 0) is 29.9 Å². The highest BCUT2D eigenvalue weighted by atomic mass is 16.5. The maximum atomic E-state index is 5.81. The van der Waals surface area contributed by atoms with Crippen LogP contribution < -0.4 is 16.0 Å². The summed E-state index contributed by atoms with van der Waals surface area (Å²) in [6.07, 6.45) is 5.31. The van der Waals surface area contributed by atoms with E-state index in [-0.39, 0.29) is 6.04 Å². The van der Waals surface area contributed by atoms with Crippen LogP contribution in [0.1, 0.15) is 48.0 Å². The van der Waals surface area contributed by atoms with Gasteiger partial charge in [-0.3, -0.25) is 5.84 Å². The molecule has 0 bridgehead atoms. The number of benzene rings is 1. The van der Waals surface area contributed by atoms with Crippen LogP contribution in [0.3, 0.4) is 0 Å². The van der Waals surface area contributed by atoms with Crippen LogP contribution in [0.2, 0.25) is 0 Å². The lowest BCUT2D eigenvalue weighted by Crippen LogP contribution is -2.31. The van der Waals surface area contributed by atoms with E-state index in [1.165, 1.54) is 36.7 Å². The molecule has 1 aliphatic rings. The number of hydrogen-bond acceptors (Lipinski definition) is 5. The molecule has 1 saturated carbocycles. The van der Waals surface area contributed by atoms with E-state index in [1.807, 2.05) is 12.1 Å². The third-order valence-electron chi connectivity index (χ3n) is 4.19. The molecule has 3 N–H and O–H groups in total. The van der Waals surface area contributed by atoms with E-state index < -0.39 is 0 Å². The monoisotopic (exact) mass is 284 g/mol. The van der Waals surface area contributed by atoms with Gasteiger partial charge in [-0.1, -0.05) is 30.7 Å². The molecule has 5 nitrogen and oxygen atoms in total. The molecule has 5 heteroatoms. The summed E-state index contributed by atoms with van der Waals surface area (Å²) in [4.78, 5) is 8.40. The highest BCUT2D eigenvalue weighted by Gasteiger charge is 2.26. The predicted octanol–water partition coefficient (Wildman–Crippen LogP) is 2.31. The van der Waals surface area contributed by atoms with Crippen molar-refractivity contribution in [3.05, 3.63) is 53.5 Å². The molecule has 1 aromatic carbocycles. The summed E-state index contributed by atoms with van der Waals surface area (Å²) in [5, 5.41) is 0. The van der Waals surface area contributed by atoms with Crippen molar-refractivity contribution >= 4 is 0 Å². The summed E-state index contributed by atoms with van der Waals surface area (Å²) in [5.41, 5.74) is 6.25. The van der Waals surface area contributed by atoms with Crippen molar-refractivity contribution in [3.8, 4) is 5.88 Å². The molecule has 2 aromatic rings. The number of hydrazine groups is 1. The molecule has 1 aromatic heterocycles. The van der Waals surface area contributed by atoms with Gasteiger partial charge in [-0.25, -0.2) is 15.4 Å². The normalized spacial score (nSPS) is 16.3. The summed E-state index contributed by atoms with van der Waals surface area (Å²) in [7, 11) is 1.60. The Morgan fingerprint density at radius 3 is 2.76 bits per heavy atom. The van der Waals surface area contributed by atoms with Crippen LogP contribution in [0.4, 0.5) is 0 Å². The Morgan fingerprint density at radius 1 is 1.29 bits per heavy atom. The molecule has 21 heavy (non-hydrogen) atoms. The first-order chi connectivity index (χ1) is 10.3. The zero-order valence-electron chi connectivity index (χ0n) is 12.1. The van der Waals surface area contributed by atoms with Gasteiger partial charge in [-0.2, -0.15) is 0 Å². The first kappa shape index (κ1) is 14.0. The van der Waals surface area contributed by atoms with E-state index in [4.69, 9.17) is 10.6 Å². The lowest BCUT2D eigenvalue weighted by Gasteiger charge is -2.30. The van der Waals surface area contributed by atoms with Crippen molar-refractivity contribution in [1.29, 1.82) is 0 Å². The van der Waals surface area contributed by atoms with Crippen LogP contribution >= 0.6 is 0 Å². The minimum Gasteiger partial charge on any atom is -0.481 e. The van der Waals surface area contributed by atoms with Gasteiger partial charge >= 0.3 is 0 Å². The quantitative estimate of drug-likeness (QED) is 0.651. The molecule has 1 aliphatic carbocycles. The Kier molecular flexibility index (Phi) is 4.13. The molecule has 110 valence electrons. The van der Waals surface area contributed by atoms with Gasteiger partial charge in [0.25, 0.3) is 0 Å². The number of nitrogens with one attached hydrogen (secondary N) is 1. The lowest BCUT2D eigenvalue weighted by atomic mass is 9.77. The Balaban J connectivity index is 1.99. The first-order valence-electron chi connectivity index (χ1n) is 7.24. The van der Waals surface area contributed by atoms with Crippen molar-refractivity contribution in [2.75, 3.05) is 7.11 Å². The Labute approximate surface area is 124 Å². The fraction of sp³-hybridized carbons (Fsp3) is 0.375. The Morgan fingerprint density at radius 2 is 2.10 bits per heavy atom. The van der Waals surface area contributed by atoms with Crippen molar-refractivity contribution in [3.63, 3.8) is 0 Å². The minimum atomic E-state index is -0.154. The van der Waals surface area contributed by atoms with Crippen LogP contribution in [-0.2, 0) is 0 Å². The standard InChI is InChI=1S/C16H20N4O/c1-21-15-9-14(18-10-19-15)16(20-17)13-8-3-2-7-12(13)11-5-4-6-11/h2-3,7-11,16,20H,4-6,17H2,1H3. The van der Waals surface area contributed by atoms with Crippen molar-refractivity contribution in [1.82, 2.24) is 15.4 Å². The zero-order valence-corrected chi connectivity index (χ0v) is 12.1. The molecule has 0 saturated heterocycles. The van der Waals surface area contributed by atoms with Gasteiger partial charge < -0.3 is 4.74 Å². The number of methoxy groups -OCH3 is 1. The SMILES string of the molecule is COc1cc(C(NN)c2ccccc2C2CCC2)ncn1. The Hall–Kier alpha value is -1.98. The smallest absolute Gasteiger partial charge is 0.216 e. The van der Waals surface area contributed by atoms with Crippen LogP contribution in [0, 0.1) is 0 Å². The molecule has 1 atom stereocenters. The van der Waals surface area contributed by atoms with Gasteiger partial charge in [0.1, 0.15) is 6.33 Å². The largest absolute Gasteiger partial charge is 0.481 e. The summed E-state index contributed by atoms with van der Waals surface area (Å²) < 4.78 is 5.18. The zero-order chi connectivity index (χ0) is 14.7. The lowest BCUT2D eigenvalue weighted by molar-refractivity contribution is 0.394. The Bertz CT molecular complexity index is 613. The number of hydrogen-bond donors (Lipinski definition) is 2. The number of ether oxygens (including phenoxy) is 1. The topological polar surface area (TPSA) is 73.1 Å². The second-order valence-corrected chi connectivity index (χ2v) is 5.34. The van der Waals surface area contributed by atoms with Gasteiger partial charge in [-0.15, -0.1) is 0 Å². The third kappa shape index (κ3) is 2.75. The molecule has 1 fully saturated rings. The van der Waals surface area contributed by atoms with E-state index >= 15 is 0 Å². The van der Waals surface area contributed by atoms with Gasteiger partial charge in [0.2, 0.25) is 5.88 Å². The summed E-state index contributed by atoms with van der Waals surface area (Å²) in [6.45, 7) is 0. The number of rotatable bonds is 5. The summed E-state index contributed by atoms with van der Waals surface area (Å²) >= 11 is 0. The molecule has 3 rings (SSSR count). The fourth-order valence-corrected chi connectivity index (χ4v) is 2.82. The number of aromatic nitrogens is 2. The highest BCUT2D eigenvalue weighted by molar-refractivity contribution is 5.38. The van der Waals surface area contributed by atoms with E-state index in [2.05, 4.69) is 33.6 Å². The first-order valence-corrected chi connectivity index (χ1v) is 7.24. The van der Waals surface area contributed by atoms with Gasteiger partial charge in [0.05, 0.1) is 18.8 Å². The van der Waals surface area contributed by atoms with E-state index in [0.29, 0.717) is 11.8 Å². The maximum absolute atomic E-state index is 5.81. The number of nitrogens with zero attached hydrogens (tertiary/aromatic N) is 2. The molecule has 1 heterocycles. The van der Waals surface area contributed by atoms with Crippen LogP contribution in [-0.4, -0.2) is 17.1 Å². The van der Waals surface area contributed by atoms with Crippen molar-refractivity contribution in [2.24, 2.45) is 5.84 Å². The van der Waals surface area contributed by atoms with E-state index in [0.717, 1.165) is 5.69 Å². The van der Waals surface area contributed by atoms with Crippen LogP contribution in [0.15, 0.2) is 36.7 Å². The van der Waals surface area contributed by atoms with Crippen LogP contribution in [0.25, 0.3) is 0 Å². The van der Waals surface area contributed by atoms with Gasteiger partial charge in [0.15, 0.2) is 0 Å². The molecule has 0 radical (unpaired) electrons. The average molecular weight is 284 g/mol. The highest BCUT2D eigenvalue weighted by Crippen LogP contribution is 2.40. The average Bonchev–Trinajstić information content (AvgIpc) is 2.48. The third-order valence-corrected chi connectivity index (χ3v) is 4.19. The molecule has 0 spiro atoms.